The number of aryl methyl sites for hydroxylation is 1. The minimum absolute atomic E-state index is 0.0243. The van der Waals surface area contributed by atoms with Gasteiger partial charge >= 0.3 is 0 Å². The van der Waals surface area contributed by atoms with E-state index in [1.807, 2.05) is 30.3 Å². The Balaban J connectivity index is 1.85. The predicted molar refractivity (Wildman–Crippen MR) is 84.2 cm³/mol. The van der Waals surface area contributed by atoms with E-state index in [0.717, 1.165) is 18.4 Å². The van der Waals surface area contributed by atoms with E-state index in [0.29, 0.717) is 18.4 Å². The van der Waals surface area contributed by atoms with Crippen LogP contribution in [-0.2, 0) is 13.6 Å². The van der Waals surface area contributed by atoms with E-state index >= 15 is 0 Å². The van der Waals surface area contributed by atoms with Gasteiger partial charge < -0.3 is 9.47 Å². The van der Waals surface area contributed by atoms with Gasteiger partial charge in [0.05, 0.1) is 0 Å². The van der Waals surface area contributed by atoms with Crippen molar-refractivity contribution in [3.63, 3.8) is 0 Å². The molecular weight excluding hydrogens is 276 g/mol. The first-order chi connectivity index (χ1) is 10.8. The Morgan fingerprint density at radius 3 is 2.59 bits per heavy atom. The highest BCUT2D eigenvalue weighted by Crippen LogP contribution is 2.25. The lowest BCUT2D eigenvalue weighted by molar-refractivity contribution is 0.0598. The molecule has 2 aromatic heterocycles. The number of carbonyl (C=O) groups is 1. The van der Waals surface area contributed by atoms with Gasteiger partial charge in [-0.3, -0.25) is 9.78 Å². The summed E-state index contributed by atoms with van der Waals surface area (Å²) in [7, 11) is 1.87. The maximum absolute atomic E-state index is 13.0. The van der Waals surface area contributed by atoms with Crippen molar-refractivity contribution in [2.24, 2.45) is 7.05 Å². The Kier molecular flexibility index (Phi) is 4.51. The van der Waals surface area contributed by atoms with E-state index in [1.165, 1.54) is 19.3 Å². The Hall–Kier alpha value is -2.17. The van der Waals surface area contributed by atoms with Gasteiger partial charge in [-0.1, -0.05) is 19.3 Å². The average Bonchev–Trinajstić information content (AvgIpc) is 3.00. The molecule has 0 saturated heterocycles. The molecule has 116 valence electrons. The predicted octanol–water partition coefficient (Wildman–Crippen LogP) is 2.79. The fourth-order valence-electron chi connectivity index (χ4n) is 3.14. The molecule has 1 saturated carbocycles. The molecule has 5 heteroatoms. The monoisotopic (exact) mass is 298 g/mol. The molecule has 5 nitrogen and oxygen atoms in total. The number of rotatable bonds is 4. The van der Waals surface area contributed by atoms with Crippen molar-refractivity contribution < 1.29 is 4.79 Å². The zero-order valence-corrected chi connectivity index (χ0v) is 13.0. The SMILES string of the molecule is Cn1ccnc1C(=O)N(Cc1ccncc1)C1CCCCC1. The number of pyridine rings is 1. The zero-order valence-electron chi connectivity index (χ0n) is 13.0. The fourth-order valence-corrected chi connectivity index (χ4v) is 3.14. The lowest BCUT2D eigenvalue weighted by Crippen LogP contribution is -2.42. The maximum Gasteiger partial charge on any atom is 0.290 e. The standard InChI is InChI=1S/C17H22N4O/c1-20-12-11-19-16(20)17(22)21(15-5-3-2-4-6-15)13-14-7-9-18-10-8-14/h7-12,15H,2-6,13H2,1H3. The fraction of sp³-hybridized carbons (Fsp3) is 0.471. The summed E-state index contributed by atoms with van der Waals surface area (Å²) in [5.74, 6) is 0.538. The molecule has 0 radical (unpaired) electrons. The second kappa shape index (κ2) is 6.73. The minimum Gasteiger partial charge on any atom is -0.330 e. The second-order valence-corrected chi connectivity index (χ2v) is 5.94. The van der Waals surface area contributed by atoms with Gasteiger partial charge in [-0.25, -0.2) is 4.98 Å². The molecular formula is C17H22N4O. The zero-order chi connectivity index (χ0) is 15.4. The van der Waals surface area contributed by atoms with Crippen LogP contribution in [0.25, 0.3) is 0 Å². The average molecular weight is 298 g/mol. The van der Waals surface area contributed by atoms with E-state index in [1.54, 1.807) is 23.2 Å². The quantitative estimate of drug-likeness (QED) is 0.872. The molecule has 0 aromatic carbocycles. The van der Waals surface area contributed by atoms with Crippen LogP contribution in [0.15, 0.2) is 36.9 Å². The molecule has 3 rings (SSSR count). The van der Waals surface area contributed by atoms with E-state index in [9.17, 15) is 4.79 Å². The summed E-state index contributed by atoms with van der Waals surface area (Å²) in [4.78, 5) is 23.2. The normalized spacial score (nSPS) is 15.7. The molecule has 0 bridgehead atoms. The van der Waals surface area contributed by atoms with Crippen molar-refractivity contribution >= 4 is 5.91 Å². The summed E-state index contributed by atoms with van der Waals surface area (Å²) in [5.41, 5.74) is 1.11. The highest BCUT2D eigenvalue weighted by atomic mass is 16.2. The second-order valence-electron chi connectivity index (χ2n) is 5.94. The van der Waals surface area contributed by atoms with Gasteiger partial charge in [0.2, 0.25) is 0 Å². The molecule has 22 heavy (non-hydrogen) atoms. The van der Waals surface area contributed by atoms with Crippen LogP contribution in [0.5, 0.6) is 0 Å². The molecule has 2 heterocycles. The van der Waals surface area contributed by atoms with Crippen LogP contribution in [0.2, 0.25) is 0 Å². The van der Waals surface area contributed by atoms with Gasteiger partial charge in [0.25, 0.3) is 5.91 Å². The Bertz CT molecular complexity index is 617. The van der Waals surface area contributed by atoms with E-state index in [4.69, 9.17) is 0 Å². The van der Waals surface area contributed by atoms with Crippen LogP contribution < -0.4 is 0 Å². The molecule has 1 amide bonds. The first-order valence-electron chi connectivity index (χ1n) is 7.93. The largest absolute Gasteiger partial charge is 0.330 e. The summed E-state index contributed by atoms with van der Waals surface area (Å²) >= 11 is 0. The first kappa shape index (κ1) is 14.8. The number of hydrogen-bond acceptors (Lipinski definition) is 3. The van der Waals surface area contributed by atoms with Gasteiger partial charge in [-0.05, 0) is 30.5 Å². The molecule has 0 aliphatic heterocycles. The van der Waals surface area contributed by atoms with Crippen molar-refractivity contribution in [3.05, 3.63) is 48.3 Å². The Morgan fingerprint density at radius 1 is 1.23 bits per heavy atom. The number of hydrogen-bond donors (Lipinski definition) is 0. The van der Waals surface area contributed by atoms with E-state index in [2.05, 4.69) is 9.97 Å². The van der Waals surface area contributed by atoms with Gasteiger partial charge in [-0.15, -0.1) is 0 Å². The smallest absolute Gasteiger partial charge is 0.290 e. The Labute approximate surface area is 131 Å². The molecule has 0 unspecified atom stereocenters. The van der Waals surface area contributed by atoms with Crippen LogP contribution in [0.3, 0.4) is 0 Å². The van der Waals surface area contributed by atoms with Gasteiger partial charge in [-0.2, -0.15) is 0 Å². The number of carbonyl (C=O) groups excluding carboxylic acids is 1. The molecule has 2 aromatic rings. The van der Waals surface area contributed by atoms with E-state index < -0.39 is 0 Å². The summed E-state index contributed by atoms with van der Waals surface area (Å²) in [6.07, 6.45) is 12.9. The van der Waals surface area contributed by atoms with Crippen LogP contribution in [0, 0.1) is 0 Å². The van der Waals surface area contributed by atoms with E-state index in [-0.39, 0.29) is 5.91 Å². The lowest BCUT2D eigenvalue weighted by atomic mass is 9.93. The summed E-state index contributed by atoms with van der Waals surface area (Å²) in [6.45, 7) is 0.624. The van der Waals surface area contributed by atoms with Crippen molar-refractivity contribution in [3.8, 4) is 0 Å². The molecule has 1 aliphatic carbocycles. The van der Waals surface area contributed by atoms with Gasteiger partial charge in [0.1, 0.15) is 0 Å². The van der Waals surface area contributed by atoms with Crippen LogP contribution >= 0.6 is 0 Å². The molecule has 0 spiro atoms. The minimum atomic E-state index is 0.0243. The van der Waals surface area contributed by atoms with Crippen molar-refractivity contribution in [2.45, 2.75) is 44.7 Å². The summed E-state index contributed by atoms with van der Waals surface area (Å²) in [5, 5.41) is 0. The summed E-state index contributed by atoms with van der Waals surface area (Å²) in [6, 6.07) is 4.26. The highest BCUT2D eigenvalue weighted by molar-refractivity contribution is 5.91. The molecule has 0 N–H and O–H groups in total. The van der Waals surface area contributed by atoms with Gasteiger partial charge in [0.15, 0.2) is 5.82 Å². The number of imidazole rings is 1. The number of aromatic nitrogens is 3. The van der Waals surface area contributed by atoms with Crippen molar-refractivity contribution in [1.82, 2.24) is 19.4 Å². The van der Waals surface area contributed by atoms with Crippen LogP contribution in [0.4, 0.5) is 0 Å². The van der Waals surface area contributed by atoms with Crippen LogP contribution in [0.1, 0.15) is 48.3 Å². The van der Waals surface area contributed by atoms with Crippen molar-refractivity contribution in [1.29, 1.82) is 0 Å². The molecule has 1 fully saturated rings. The topological polar surface area (TPSA) is 51.0 Å². The number of nitrogens with zero attached hydrogens (tertiary/aromatic N) is 4. The number of amides is 1. The maximum atomic E-state index is 13.0. The van der Waals surface area contributed by atoms with Gasteiger partial charge in [0, 0.05) is 44.4 Å². The van der Waals surface area contributed by atoms with Crippen LogP contribution in [-0.4, -0.2) is 31.4 Å². The summed E-state index contributed by atoms with van der Waals surface area (Å²) < 4.78 is 1.80. The molecule has 0 atom stereocenters. The third-order valence-electron chi connectivity index (χ3n) is 4.39. The third kappa shape index (κ3) is 3.18. The third-order valence-corrected chi connectivity index (χ3v) is 4.39. The molecule has 1 aliphatic rings. The Morgan fingerprint density at radius 2 is 1.95 bits per heavy atom. The highest BCUT2D eigenvalue weighted by Gasteiger charge is 2.28. The van der Waals surface area contributed by atoms with Crippen molar-refractivity contribution in [2.75, 3.05) is 0 Å². The first-order valence-corrected chi connectivity index (χ1v) is 7.93. The lowest BCUT2D eigenvalue weighted by Gasteiger charge is -2.34.